The second-order valence-corrected chi connectivity index (χ2v) is 7.57. The van der Waals surface area contributed by atoms with Crippen LogP contribution in [0.4, 0.5) is 0 Å². The first-order valence-corrected chi connectivity index (χ1v) is 9.92. The molecule has 0 saturated carbocycles. The summed E-state index contributed by atoms with van der Waals surface area (Å²) in [4.78, 5) is 2.84. The molecule has 0 aliphatic heterocycles. The van der Waals surface area contributed by atoms with E-state index in [9.17, 15) is 5.11 Å². The van der Waals surface area contributed by atoms with Crippen molar-refractivity contribution >= 4 is 23.1 Å². The maximum atomic E-state index is 9.91. The first-order valence-electron chi connectivity index (χ1n) is 7.71. The Morgan fingerprint density at radius 1 is 1.18 bits per heavy atom. The smallest absolute Gasteiger partial charge is 0.120 e. The van der Waals surface area contributed by atoms with E-state index in [1.807, 2.05) is 23.1 Å². The van der Waals surface area contributed by atoms with Crippen LogP contribution in [0.2, 0.25) is 0 Å². The summed E-state index contributed by atoms with van der Waals surface area (Å²) in [5.74, 6) is 1.36. The van der Waals surface area contributed by atoms with Crippen LogP contribution in [0.3, 0.4) is 0 Å². The molecule has 0 aliphatic carbocycles. The monoisotopic (exact) mass is 335 g/mol. The first kappa shape index (κ1) is 17.4. The Hall–Kier alpha value is -0.970. The van der Waals surface area contributed by atoms with Crippen LogP contribution >= 0.6 is 23.1 Å². The average molecular weight is 336 g/mol. The fourth-order valence-corrected chi connectivity index (χ4v) is 5.18. The summed E-state index contributed by atoms with van der Waals surface area (Å²) in [6.07, 6.45) is 4.22. The van der Waals surface area contributed by atoms with Crippen molar-refractivity contribution in [2.75, 3.05) is 6.26 Å². The molecule has 2 nitrogen and oxygen atoms in total. The molecule has 0 amide bonds. The van der Waals surface area contributed by atoms with Crippen molar-refractivity contribution in [1.29, 1.82) is 0 Å². The minimum atomic E-state index is 0.0128. The molecule has 1 heterocycles. The molecule has 0 aliphatic rings. The number of phenolic OH excluding ortho intramolecular Hbond substituents is 1. The van der Waals surface area contributed by atoms with Crippen LogP contribution in [0.15, 0.2) is 30.3 Å². The van der Waals surface area contributed by atoms with Gasteiger partial charge < -0.3 is 10.8 Å². The van der Waals surface area contributed by atoms with E-state index >= 15 is 0 Å². The molecule has 0 fully saturated rings. The van der Waals surface area contributed by atoms with Gasteiger partial charge in [0.15, 0.2) is 0 Å². The van der Waals surface area contributed by atoms with Gasteiger partial charge in [-0.15, -0.1) is 11.3 Å². The Labute approximate surface area is 141 Å². The molecule has 3 N–H and O–H groups in total. The van der Waals surface area contributed by atoms with Gasteiger partial charge in [-0.1, -0.05) is 19.9 Å². The summed E-state index contributed by atoms with van der Waals surface area (Å²) in [6, 6.07) is 10.4. The lowest BCUT2D eigenvalue weighted by atomic mass is 9.74. The van der Waals surface area contributed by atoms with Gasteiger partial charge in [0.05, 0.1) is 0 Å². The largest absolute Gasteiger partial charge is 0.508 e. The highest BCUT2D eigenvalue weighted by Gasteiger charge is 2.32. The number of benzene rings is 1. The first-order chi connectivity index (χ1) is 10.6. The van der Waals surface area contributed by atoms with E-state index in [2.05, 4.69) is 44.4 Å². The van der Waals surface area contributed by atoms with Crippen molar-refractivity contribution in [1.82, 2.24) is 0 Å². The van der Waals surface area contributed by atoms with Crippen LogP contribution < -0.4 is 5.73 Å². The van der Waals surface area contributed by atoms with Crippen molar-refractivity contribution in [3.05, 3.63) is 51.2 Å². The molecule has 1 aromatic carbocycles. The Balaban J connectivity index is 2.51. The molecule has 1 aromatic heterocycles. The third-order valence-electron chi connectivity index (χ3n) is 4.48. The summed E-state index contributed by atoms with van der Waals surface area (Å²) in [6.45, 7) is 4.85. The molecule has 4 heteroatoms. The molecule has 0 saturated heterocycles. The van der Waals surface area contributed by atoms with Crippen LogP contribution in [0.1, 0.15) is 47.6 Å². The lowest BCUT2D eigenvalue weighted by molar-refractivity contribution is 0.462. The Morgan fingerprint density at radius 3 is 2.50 bits per heavy atom. The Morgan fingerprint density at radius 2 is 1.91 bits per heavy atom. The SMILES string of the molecule is CCC(CC)(c1ccc(O)c(CN)c1)c1ccc(CSC)s1. The quantitative estimate of drug-likeness (QED) is 0.758. The van der Waals surface area contributed by atoms with E-state index in [0.717, 1.165) is 24.2 Å². The van der Waals surface area contributed by atoms with Crippen LogP contribution in [-0.4, -0.2) is 11.4 Å². The van der Waals surface area contributed by atoms with E-state index < -0.39 is 0 Å². The molecular weight excluding hydrogens is 310 g/mol. The zero-order valence-corrected chi connectivity index (χ0v) is 15.2. The average Bonchev–Trinajstić information content (AvgIpc) is 3.00. The van der Waals surface area contributed by atoms with E-state index in [1.54, 1.807) is 6.07 Å². The minimum Gasteiger partial charge on any atom is -0.508 e. The van der Waals surface area contributed by atoms with Gasteiger partial charge in [-0.05, 0) is 48.9 Å². The predicted molar refractivity (Wildman–Crippen MR) is 98.9 cm³/mol. The second-order valence-electron chi connectivity index (χ2n) is 5.54. The summed E-state index contributed by atoms with van der Waals surface area (Å²) >= 11 is 3.77. The van der Waals surface area contributed by atoms with Gasteiger partial charge in [0.1, 0.15) is 5.75 Å². The fraction of sp³-hybridized carbons (Fsp3) is 0.444. The zero-order chi connectivity index (χ0) is 16.2. The highest BCUT2D eigenvalue weighted by atomic mass is 32.2. The van der Waals surface area contributed by atoms with Crippen LogP contribution in [0.25, 0.3) is 0 Å². The summed E-state index contributed by atoms with van der Waals surface area (Å²) in [5.41, 5.74) is 7.86. The number of phenols is 1. The van der Waals surface area contributed by atoms with Gasteiger partial charge in [-0.2, -0.15) is 11.8 Å². The molecular formula is C18H25NOS2. The Kier molecular flexibility index (Phi) is 5.95. The highest BCUT2D eigenvalue weighted by Crippen LogP contribution is 2.43. The summed E-state index contributed by atoms with van der Waals surface area (Å²) in [7, 11) is 0. The van der Waals surface area contributed by atoms with Crippen molar-refractivity contribution in [3.8, 4) is 5.75 Å². The van der Waals surface area contributed by atoms with E-state index in [0.29, 0.717) is 12.3 Å². The normalized spacial score (nSPS) is 11.8. The van der Waals surface area contributed by atoms with Gasteiger partial charge in [-0.25, -0.2) is 0 Å². The molecule has 0 spiro atoms. The number of hydrogen-bond acceptors (Lipinski definition) is 4. The zero-order valence-electron chi connectivity index (χ0n) is 13.6. The number of nitrogens with two attached hydrogens (primary N) is 1. The molecule has 2 aromatic rings. The molecule has 0 bridgehead atoms. The van der Waals surface area contributed by atoms with Crippen molar-refractivity contribution < 1.29 is 5.11 Å². The number of aromatic hydroxyl groups is 1. The lowest BCUT2D eigenvalue weighted by Crippen LogP contribution is -2.25. The predicted octanol–water partition coefficient (Wildman–Crippen LogP) is 4.88. The van der Waals surface area contributed by atoms with Gasteiger partial charge >= 0.3 is 0 Å². The third kappa shape index (κ3) is 3.19. The highest BCUT2D eigenvalue weighted by molar-refractivity contribution is 7.97. The van der Waals surface area contributed by atoms with Gasteiger partial charge in [0, 0.05) is 33.0 Å². The molecule has 0 atom stereocenters. The molecule has 0 radical (unpaired) electrons. The molecule has 0 unspecified atom stereocenters. The summed E-state index contributed by atoms with van der Waals surface area (Å²) in [5, 5.41) is 9.91. The number of thiophene rings is 1. The van der Waals surface area contributed by atoms with Crippen LogP contribution in [0.5, 0.6) is 5.75 Å². The lowest BCUT2D eigenvalue weighted by Gasteiger charge is -2.32. The van der Waals surface area contributed by atoms with E-state index in [-0.39, 0.29) is 5.41 Å². The van der Waals surface area contributed by atoms with Crippen molar-refractivity contribution in [2.45, 2.75) is 44.4 Å². The number of thioether (sulfide) groups is 1. The molecule has 2 rings (SSSR count). The number of hydrogen-bond donors (Lipinski definition) is 2. The third-order valence-corrected chi connectivity index (χ3v) is 6.55. The van der Waals surface area contributed by atoms with Crippen molar-refractivity contribution in [2.24, 2.45) is 5.73 Å². The van der Waals surface area contributed by atoms with Crippen molar-refractivity contribution in [3.63, 3.8) is 0 Å². The maximum absolute atomic E-state index is 9.91. The van der Waals surface area contributed by atoms with Gasteiger partial charge in [-0.3, -0.25) is 0 Å². The van der Waals surface area contributed by atoms with Crippen LogP contribution in [0, 0.1) is 0 Å². The van der Waals surface area contributed by atoms with E-state index in [1.165, 1.54) is 15.3 Å². The molecule has 120 valence electrons. The van der Waals surface area contributed by atoms with Crippen LogP contribution in [-0.2, 0) is 17.7 Å². The maximum Gasteiger partial charge on any atom is 0.120 e. The Bertz CT molecular complexity index is 617. The van der Waals surface area contributed by atoms with Gasteiger partial charge in [0.2, 0.25) is 0 Å². The topological polar surface area (TPSA) is 46.2 Å². The number of rotatable bonds is 7. The molecule has 22 heavy (non-hydrogen) atoms. The summed E-state index contributed by atoms with van der Waals surface area (Å²) < 4.78 is 0. The van der Waals surface area contributed by atoms with Gasteiger partial charge in [0.25, 0.3) is 0 Å². The minimum absolute atomic E-state index is 0.0128. The second kappa shape index (κ2) is 7.53. The van der Waals surface area contributed by atoms with E-state index in [4.69, 9.17) is 5.73 Å². The fourth-order valence-electron chi connectivity index (χ4n) is 3.05. The standard InChI is InChI=1S/C18H25NOS2/c1-4-18(5-2,17-9-7-15(22-17)12-21-3)14-6-8-16(20)13(10-14)11-19/h6-10,20H,4-5,11-12,19H2,1-3H3.